The van der Waals surface area contributed by atoms with Gasteiger partial charge in [-0.1, -0.05) is 53.5 Å². The van der Waals surface area contributed by atoms with Gasteiger partial charge in [0, 0.05) is 0 Å². The Balaban J connectivity index is 1.89. The van der Waals surface area contributed by atoms with Crippen LogP contribution in [0, 0.1) is 0 Å². The van der Waals surface area contributed by atoms with E-state index in [1.165, 1.54) is 6.33 Å². The molecule has 0 aliphatic carbocycles. The third-order valence-electron chi connectivity index (χ3n) is 3.64. The van der Waals surface area contributed by atoms with Crippen molar-refractivity contribution in [3.63, 3.8) is 0 Å². The monoisotopic (exact) mass is 360 g/mol. The summed E-state index contributed by atoms with van der Waals surface area (Å²) in [6.45, 7) is 1.59. The molecule has 1 heterocycles. The Labute approximate surface area is 149 Å². The number of hydrogen-bond acceptors (Lipinski definition) is 4. The van der Waals surface area contributed by atoms with Gasteiger partial charge < -0.3 is 9.84 Å². The van der Waals surface area contributed by atoms with Gasteiger partial charge in [-0.15, -0.1) is 0 Å². The highest BCUT2D eigenvalue weighted by Gasteiger charge is 2.32. The van der Waals surface area contributed by atoms with Crippen LogP contribution in [0.3, 0.4) is 0 Å². The van der Waals surface area contributed by atoms with Crippen molar-refractivity contribution in [3.05, 3.63) is 82.4 Å². The van der Waals surface area contributed by atoms with Gasteiger partial charge in [0.2, 0.25) is 0 Å². The zero-order valence-electron chi connectivity index (χ0n) is 12.8. The van der Waals surface area contributed by atoms with Crippen molar-refractivity contribution in [3.8, 4) is 11.5 Å². The van der Waals surface area contributed by atoms with Crippen molar-refractivity contribution in [2.45, 2.75) is 12.5 Å². The molecule has 0 aliphatic rings. The van der Waals surface area contributed by atoms with E-state index in [1.807, 2.05) is 30.3 Å². The minimum absolute atomic E-state index is 0.115. The number of nitrogens with zero attached hydrogens (tertiary/aromatic N) is 2. The van der Waals surface area contributed by atoms with E-state index in [0.29, 0.717) is 11.3 Å². The Bertz CT molecular complexity index is 817. The predicted octanol–water partition coefficient (Wildman–Crippen LogP) is 4.83. The van der Waals surface area contributed by atoms with Gasteiger partial charge in [-0.25, -0.2) is 9.97 Å². The molecule has 1 N–H and O–H groups in total. The molecule has 3 aromatic rings. The van der Waals surface area contributed by atoms with E-state index in [-0.39, 0.29) is 15.9 Å². The molecule has 6 heteroatoms. The molecule has 0 radical (unpaired) electrons. The van der Waals surface area contributed by atoms with E-state index in [4.69, 9.17) is 27.9 Å². The van der Waals surface area contributed by atoms with Gasteiger partial charge >= 0.3 is 0 Å². The molecule has 1 unspecified atom stereocenters. The molecule has 24 heavy (non-hydrogen) atoms. The highest BCUT2D eigenvalue weighted by molar-refractivity contribution is 6.34. The van der Waals surface area contributed by atoms with Crippen LogP contribution in [0.2, 0.25) is 10.3 Å². The molecule has 0 fully saturated rings. The van der Waals surface area contributed by atoms with Crippen LogP contribution in [-0.4, -0.2) is 15.1 Å². The fourth-order valence-corrected chi connectivity index (χ4v) is 3.05. The van der Waals surface area contributed by atoms with Gasteiger partial charge in [-0.3, -0.25) is 0 Å². The fraction of sp³-hybridized carbons (Fsp3) is 0.111. The molecule has 122 valence electrons. The lowest BCUT2D eigenvalue weighted by Crippen LogP contribution is -2.24. The van der Waals surface area contributed by atoms with Gasteiger partial charge in [0.05, 0.1) is 5.56 Å². The lowest BCUT2D eigenvalue weighted by atomic mass is 9.90. The minimum atomic E-state index is -1.43. The van der Waals surface area contributed by atoms with Crippen LogP contribution in [0.15, 0.2) is 60.9 Å². The van der Waals surface area contributed by atoms with Gasteiger partial charge in [0.15, 0.2) is 0 Å². The normalized spacial score (nSPS) is 13.3. The number of hydrogen-bond donors (Lipinski definition) is 1. The molecular formula is C18H14Cl2N2O2. The molecule has 1 atom stereocenters. The quantitative estimate of drug-likeness (QED) is 0.676. The highest BCUT2D eigenvalue weighted by Crippen LogP contribution is 2.37. The first kappa shape index (κ1) is 16.7. The summed E-state index contributed by atoms with van der Waals surface area (Å²) in [6.07, 6.45) is 1.25. The Hall–Kier alpha value is -2.14. The van der Waals surface area contributed by atoms with Crippen molar-refractivity contribution < 1.29 is 9.84 Å². The van der Waals surface area contributed by atoms with Crippen molar-refractivity contribution in [2.75, 3.05) is 0 Å². The molecule has 3 rings (SSSR count). The van der Waals surface area contributed by atoms with Crippen LogP contribution in [0.5, 0.6) is 11.5 Å². The number of benzene rings is 2. The summed E-state index contributed by atoms with van der Waals surface area (Å²) in [5.41, 5.74) is -0.563. The Morgan fingerprint density at radius 2 is 1.42 bits per heavy atom. The molecule has 4 nitrogen and oxygen atoms in total. The number of para-hydroxylation sites is 1. The zero-order chi connectivity index (χ0) is 17.2. The van der Waals surface area contributed by atoms with Gasteiger partial charge in [-0.05, 0) is 36.8 Å². The van der Waals surface area contributed by atoms with Gasteiger partial charge in [-0.2, -0.15) is 0 Å². The summed E-state index contributed by atoms with van der Waals surface area (Å²) in [5.74, 6) is 1.39. The highest BCUT2D eigenvalue weighted by atomic mass is 35.5. The van der Waals surface area contributed by atoms with E-state index in [2.05, 4.69) is 9.97 Å². The van der Waals surface area contributed by atoms with Crippen LogP contribution in [0.25, 0.3) is 0 Å². The summed E-state index contributed by atoms with van der Waals surface area (Å²) in [6, 6.07) is 16.5. The molecular weight excluding hydrogens is 347 g/mol. The number of rotatable bonds is 4. The average Bonchev–Trinajstić information content (AvgIpc) is 2.56. The number of halogens is 2. The first-order valence-electron chi connectivity index (χ1n) is 7.21. The summed E-state index contributed by atoms with van der Waals surface area (Å²) >= 11 is 12.2. The molecule has 0 bridgehead atoms. The molecule has 2 aromatic carbocycles. The smallest absolute Gasteiger partial charge is 0.140 e. The minimum Gasteiger partial charge on any atom is -0.457 e. The number of aliphatic hydroxyl groups is 1. The lowest BCUT2D eigenvalue weighted by Gasteiger charge is -2.25. The fourth-order valence-electron chi connectivity index (χ4n) is 2.36. The van der Waals surface area contributed by atoms with Gasteiger partial charge in [0.1, 0.15) is 33.7 Å². The maximum absolute atomic E-state index is 10.9. The standard InChI is InChI=1S/C18H14Cl2N2O2/c1-18(23,15-16(19)21-11-22-17(15)20)12-7-9-14(10-8-12)24-13-5-3-2-4-6-13/h2-11,23H,1H3. The van der Waals surface area contributed by atoms with E-state index in [0.717, 1.165) is 5.75 Å². The molecule has 0 spiro atoms. The van der Waals surface area contributed by atoms with E-state index in [1.54, 1.807) is 31.2 Å². The van der Waals surface area contributed by atoms with E-state index < -0.39 is 5.60 Å². The van der Waals surface area contributed by atoms with E-state index >= 15 is 0 Å². The Morgan fingerprint density at radius 3 is 2.00 bits per heavy atom. The molecule has 0 amide bonds. The van der Waals surface area contributed by atoms with Crippen molar-refractivity contribution in [2.24, 2.45) is 0 Å². The topological polar surface area (TPSA) is 55.2 Å². The van der Waals surface area contributed by atoms with Crippen LogP contribution in [0.4, 0.5) is 0 Å². The van der Waals surface area contributed by atoms with Crippen LogP contribution in [-0.2, 0) is 5.60 Å². The summed E-state index contributed by atoms with van der Waals surface area (Å²) < 4.78 is 5.74. The largest absolute Gasteiger partial charge is 0.457 e. The zero-order valence-corrected chi connectivity index (χ0v) is 14.3. The maximum Gasteiger partial charge on any atom is 0.140 e. The van der Waals surface area contributed by atoms with Crippen LogP contribution in [0.1, 0.15) is 18.1 Å². The second-order valence-electron chi connectivity index (χ2n) is 5.34. The first-order chi connectivity index (χ1) is 11.5. The molecule has 0 saturated heterocycles. The van der Waals surface area contributed by atoms with Crippen molar-refractivity contribution in [1.29, 1.82) is 0 Å². The average molecular weight is 361 g/mol. The lowest BCUT2D eigenvalue weighted by molar-refractivity contribution is 0.102. The molecule has 0 aliphatic heterocycles. The van der Waals surface area contributed by atoms with Crippen LogP contribution < -0.4 is 4.74 Å². The summed E-state index contributed by atoms with van der Waals surface area (Å²) in [7, 11) is 0. The van der Waals surface area contributed by atoms with Gasteiger partial charge in [0.25, 0.3) is 0 Å². The second-order valence-corrected chi connectivity index (χ2v) is 6.06. The first-order valence-corrected chi connectivity index (χ1v) is 7.96. The number of aromatic nitrogens is 2. The summed E-state index contributed by atoms with van der Waals surface area (Å²) in [4.78, 5) is 7.78. The van der Waals surface area contributed by atoms with E-state index in [9.17, 15) is 5.11 Å². The predicted molar refractivity (Wildman–Crippen MR) is 93.7 cm³/mol. The van der Waals surface area contributed by atoms with Crippen molar-refractivity contribution in [1.82, 2.24) is 9.97 Å². The molecule has 0 saturated carbocycles. The Kier molecular flexibility index (Phi) is 4.71. The second kappa shape index (κ2) is 6.77. The third kappa shape index (κ3) is 3.36. The summed E-state index contributed by atoms with van der Waals surface area (Å²) in [5, 5.41) is 11.1. The third-order valence-corrected chi connectivity index (χ3v) is 4.21. The van der Waals surface area contributed by atoms with Crippen molar-refractivity contribution >= 4 is 23.2 Å². The Morgan fingerprint density at radius 1 is 0.875 bits per heavy atom. The molecule has 1 aromatic heterocycles. The maximum atomic E-state index is 10.9. The van der Waals surface area contributed by atoms with Crippen LogP contribution >= 0.6 is 23.2 Å². The number of ether oxygens (including phenoxy) is 1. The SMILES string of the molecule is CC(O)(c1ccc(Oc2ccccc2)cc1)c1c(Cl)ncnc1Cl.